The zero-order valence-electron chi connectivity index (χ0n) is 8.62. The molecule has 0 radical (unpaired) electrons. The Hall–Kier alpha value is -1.84. The van der Waals surface area contributed by atoms with E-state index >= 15 is 0 Å². The van der Waals surface area contributed by atoms with E-state index < -0.39 is 0 Å². The first-order valence-corrected chi connectivity index (χ1v) is 4.73. The van der Waals surface area contributed by atoms with Crippen LogP contribution < -0.4 is 11.1 Å². The van der Waals surface area contributed by atoms with Gasteiger partial charge >= 0.3 is 0 Å². The summed E-state index contributed by atoms with van der Waals surface area (Å²) in [5.41, 5.74) is 6.58. The lowest BCUT2D eigenvalue weighted by Gasteiger charge is -2.03. The van der Waals surface area contributed by atoms with Crippen molar-refractivity contribution in [1.29, 1.82) is 0 Å². The molecule has 0 aliphatic carbocycles. The highest BCUT2D eigenvalue weighted by Gasteiger charge is 2.04. The number of nitrogens with one attached hydrogen (secondary N) is 1. The molecule has 1 aromatic rings. The van der Waals surface area contributed by atoms with Crippen LogP contribution in [0.15, 0.2) is 24.3 Å². The number of aryl methyl sites for hydroxylation is 1. The van der Waals surface area contributed by atoms with Crippen molar-refractivity contribution in [2.24, 2.45) is 5.73 Å². The van der Waals surface area contributed by atoms with Crippen molar-refractivity contribution >= 4 is 11.8 Å². The number of primary amides is 1. The van der Waals surface area contributed by atoms with Crippen LogP contribution in [0.25, 0.3) is 0 Å². The van der Waals surface area contributed by atoms with Gasteiger partial charge in [-0.2, -0.15) is 0 Å². The van der Waals surface area contributed by atoms with Gasteiger partial charge < -0.3 is 11.1 Å². The minimum absolute atomic E-state index is 0.129. The molecule has 15 heavy (non-hydrogen) atoms. The molecule has 0 saturated heterocycles. The monoisotopic (exact) mass is 206 g/mol. The molecule has 0 saturated carbocycles. The van der Waals surface area contributed by atoms with E-state index in [0.29, 0.717) is 18.4 Å². The van der Waals surface area contributed by atoms with E-state index in [1.807, 2.05) is 6.07 Å². The summed E-state index contributed by atoms with van der Waals surface area (Å²) < 4.78 is 0. The second-order valence-corrected chi connectivity index (χ2v) is 3.25. The molecule has 0 aromatic heterocycles. The number of rotatable bonds is 4. The fourth-order valence-corrected chi connectivity index (χ4v) is 1.28. The maximum absolute atomic E-state index is 11.3. The number of carbonyl (C=O) groups is 2. The van der Waals surface area contributed by atoms with E-state index in [-0.39, 0.29) is 11.8 Å². The van der Waals surface area contributed by atoms with Crippen LogP contribution in [0, 0.1) is 0 Å². The van der Waals surface area contributed by atoms with Gasteiger partial charge in [0.1, 0.15) is 0 Å². The Bertz CT molecular complexity index is 375. The molecule has 3 N–H and O–H groups in total. The average molecular weight is 206 g/mol. The number of hydrogen-bond acceptors (Lipinski definition) is 2. The van der Waals surface area contributed by atoms with Crippen molar-refractivity contribution in [1.82, 2.24) is 5.32 Å². The van der Waals surface area contributed by atoms with E-state index in [9.17, 15) is 9.59 Å². The molecular formula is C11H14N2O2. The third kappa shape index (κ3) is 3.42. The zero-order chi connectivity index (χ0) is 11.3. The average Bonchev–Trinajstić information content (AvgIpc) is 2.25. The molecule has 0 heterocycles. The number of hydrogen-bond donors (Lipinski definition) is 2. The predicted molar refractivity (Wildman–Crippen MR) is 57.3 cm³/mol. The Kier molecular flexibility index (Phi) is 3.85. The first-order chi connectivity index (χ1) is 7.13. The van der Waals surface area contributed by atoms with Crippen LogP contribution in [0.1, 0.15) is 22.3 Å². The normalized spacial score (nSPS) is 9.67. The topological polar surface area (TPSA) is 72.2 Å². The highest BCUT2D eigenvalue weighted by atomic mass is 16.1. The van der Waals surface area contributed by atoms with Crippen molar-refractivity contribution in [3.05, 3.63) is 35.4 Å². The largest absolute Gasteiger partial charge is 0.370 e. The van der Waals surface area contributed by atoms with Crippen LogP contribution in [-0.4, -0.2) is 18.9 Å². The molecule has 0 spiro atoms. The molecule has 0 aliphatic rings. The van der Waals surface area contributed by atoms with Gasteiger partial charge in [-0.1, -0.05) is 12.1 Å². The highest BCUT2D eigenvalue weighted by molar-refractivity contribution is 5.94. The molecule has 0 unspecified atom stereocenters. The van der Waals surface area contributed by atoms with Crippen LogP contribution in [0.2, 0.25) is 0 Å². The molecule has 4 heteroatoms. The number of carbonyl (C=O) groups excluding carboxylic acids is 2. The van der Waals surface area contributed by atoms with Crippen molar-refractivity contribution in [3.8, 4) is 0 Å². The summed E-state index contributed by atoms with van der Waals surface area (Å²) >= 11 is 0. The van der Waals surface area contributed by atoms with E-state index in [2.05, 4.69) is 5.32 Å². The molecule has 1 rings (SSSR count). The Labute approximate surface area is 88.5 Å². The molecule has 0 aliphatic heterocycles. The second-order valence-electron chi connectivity index (χ2n) is 3.25. The molecule has 1 aromatic carbocycles. The first kappa shape index (κ1) is 11.2. The van der Waals surface area contributed by atoms with Crippen LogP contribution in [0.3, 0.4) is 0 Å². The molecule has 2 amide bonds. The van der Waals surface area contributed by atoms with Gasteiger partial charge in [-0.25, -0.2) is 0 Å². The molecular weight excluding hydrogens is 192 g/mol. The Morgan fingerprint density at radius 3 is 2.73 bits per heavy atom. The summed E-state index contributed by atoms with van der Waals surface area (Å²) in [7, 11) is 1.58. The fourth-order valence-electron chi connectivity index (χ4n) is 1.28. The van der Waals surface area contributed by atoms with E-state index in [4.69, 9.17) is 5.73 Å². The standard InChI is InChI=1S/C11H14N2O2/c1-13-11(15)9-4-2-3-8(7-9)5-6-10(12)14/h2-4,7H,5-6H2,1H3,(H2,12,14)(H,13,15). The Morgan fingerprint density at radius 2 is 2.13 bits per heavy atom. The third-order valence-corrected chi connectivity index (χ3v) is 2.08. The molecule has 4 nitrogen and oxygen atoms in total. The van der Waals surface area contributed by atoms with Gasteiger partial charge in [-0.05, 0) is 24.1 Å². The van der Waals surface area contributed by atoms with Crippen molar-refractivity contribution in [2.75, 3.05) is 7.05 Å². The van der Waals surface area contributed by atoms with Gasteiger partial charge in [0, 0.05) is 19.0 Å². The Balaban J connectivity index is 2.74. The molecule has 0 bridgehead atoms. The maximum atomic E-state index is 11.3. The second kappa shape index (κ2) is 5.14. The van der Waals surface area contributed by atoms with Gasteiger partial charge in [0.05, 0.1) is 0 Å². The third-order valence-electron chi connectivity index (χ3n) is 2.08. The lowest BCUT2D eigenvalue weighted by Crippen LogP contribution is -2.18. The number of benzene rings is 1. The minimum atomic E-state index is -0.333. The first-order valence-electron chi connectivity index (χ1n) is 4.73. The summed E-state index contributed by atoms with van der Waals surface area (Å²) in [5.74, 6) is -0.462. The van der Waals surface area contributed by atoms with Crippen LogP contribution in [0.5, 0.6) is 0 Å². The summed E-state index contributed by atoms with van der Waals surface area (Å²) in [6, 6.07) is 7.16. The molecule has 0 fully saturated rings. The predicted octanol–water partition coefficient (Wildman–Crippen LogP) is 0.464. The van der Waals surface area contributed by atoms with Gasteiger partial charge in [0.15, 0.2) is 0 Å². The van der Waals surface area contributed by atoms with Crippen molar-refractivity contribution in [2.45, 2.75) is 12.8 Å². The number of nitrogens with two attached hydrogens (primary N) is 1. The summed E-state index contributed by atoms with van der Waals surface area (Å²) in [5, 5.41) is 2.54. The van der Waals surface area contributed by atoms with Gasteiger partial charge in [0.25, 0.3) is 5.91 Å². The zero-order valence-corrected chi connectivity index (χ0v) is 8.62. The quantitative estimate of drug-likeness (QED) is 0.751. The molecule has 80 valence electrons. The van der Waals surface area contributed by atoms with E-state index in [1.54, 1.807) is 25.2 Å². The lowest BCUT2D eigenvalue weighted by molar-refractivity contribution is -0.117. The molecule has 0 atom stereocenters. The number of amides is 2. The fraction of sp³-hybridized carbons (Fsp3) is 0.273. The van der Waals surface area contributed by atoms with Crippen LogP contribution in [-0.2, 0) is 11.2 Å². The lowest BCUT2D eigenvalue weighted by atomic mass is 10.1. The van der Waals surface area contributed by atoms with Crippen LogP contribution >= 0.6 is 0 Å². The van der Waals surface area contributed by atoms with Crippen LogP contribution in [0.4, 0.5) is 0 Å². The highest BCUT2D eigenvalue weighted by Crippen LogP contribution is 2.07. The summed E-state index contributed by atoms with van der Waals surface area (Å²) in [6.07, 6.45) is 0.872. The SMILES string of the molecule is CNC(=O)c1cccc(CCC(N)=O)c1. The maximum Gasteiger partial charge on any atom is 0.251 e. The van der Waals surface area contributed by atoms with Gasteiger partial charge in [0.2, 0.25) is 5.91 Å². The smallest absolute Gasteiger partial charge is 0.251 e. The summed E-state index contributed by atoms with van der Waals surface area (Å²) in [4.78, 5) is 21.9. The Morgan fingerprint density at radius 1 is 1.40 bits per heavy atom. The van der Waals surface area contributed by atoms with Gasteiger partial charge in [-0.3, -0.25) is 9.59 Å². The van der Waals surface area contributed by atoms with E-state index in [0.717, 1.165) is 5.56 Å². The van der Waals surface area contributed by atoms with Crippen molar-refractivity contribution in [3.63, 3.8) is 0 Å². The van der Waals surface area contributed by atoms with Gasteiger partial charge in [-0.15, -0.1) is 0 Å². The minimum Gasteiger partial charge on any atom is -0.370 e. The van der Waals surface area contributed by atoms with E-state index in [1.165, 1.54) is 0 Å². The summed E-state index contributed by atoms with van der Waals surface area (Å²) in [6.45, 7) is 0. The van der Waals surface area contributed by atoms with Crippen molar-refractivity contribution < 1.29 is 9.59 Å².